The smallest absolute Gasteiger partial charge is 0.338 e. The van der Waals surface area contributed by atoms with Gasteiger partial charge in [-0.25, -0.2) is 17.6 Å². The van der Waals surface area contributed by atoms with Crippen LogP contribution in [0.2, 0.25) is 0 Å². The maximum absolute atomic E-state index is 13.3. The number of aromatic carboxylic acids is 1. The summed E-state index contributed by atoms with van der Waals surface area (Å²) in [7, 11) is -3.07. The van der Waals surface area contributed by atoms with Crippen LogP contribution in [0.3, 0.4) is 0 Å². The van der Waals surface area contributed by atoms with Crippen molar-refractivity contribution in [1.29, 1.82) is 0 Å². The lowest BCUT2D eigenvalue weighted by molar-refractivity contribution is 0.0692. The molecule has 0 fully saturated rings. The minimum atomic E-state index is -3.07. The summed E-state index contributed by atoms with van der Waals surface area (Å²) in [5.74, 6) is -2.19. The van der Waals surface area contributed by atoms with E-state index >= 15 is 0 Å². The molecule has 0 aromatic heterocycles. The van der Waals surface area contributed by atoms with E-state index in [9.17, 15) is 17.6 Å². The third kappa shape index (κ3) is 3.99. The zero-order chi connectivity index (χ0) is 13.8. The minimum absolute atomic E-state index is 0.0498. The van der Waals surface area contributed by atoms with Gasteiger partial charge in [0.2, 0.25) is 0 Å². The Labute approximate surface area is 105 Å². The molecular formula is C11H14FNO4S. The Morgan fingerprint density at radius 1 is 1.44 bits per heavy atom. The summed E-state index contributed by atoms with van der Waals surface area (Å²) in [6.07, 6.45) is 0. The first kappa shape index (κ1) is 14.4. The van der Waals surface area contributed by atoms with Crippen LogP contribution in [0.4, 0.5) is 10.1 Å². The second-order valence-corrected chi connectivity index (χ2v) is 6.14. The van der Waals surface area contributed by atoms with Crippen LogP contribution in [0.15, 0.2) is 18.2 Å². The molecule has 0 saturated carbocycles. The average molecular weight is 275 g/mol. The van der Waals surface area contributed by atoms with Gasteiger partial charge in [0.15, 0.2) is 9.84 Å². The highest BCUT2D eigenvalue weighted by Gasteiger charge is 2.11. The fraction of sp³-hybridized carbons (Fsp3) is 0.364. The van der Waals surface area contributed by atoms with Gasteiger partial charge in [-0.1, -0.05) is 6.92 Å². The molecule has 7 heteroatoms. The Balaban J connectivity index is 2.65. The summed E-state index contributed by atoms with van der Waals surface area (Å²) in [6.45, 7) is 1.71. The van der Waals surface area contributed by atoms with Crippen molar-refractivity contribution in [3.63, 3.8) is 0 Å². The summed E-state index contributed by atoms with van der Waals surface area (Å²) < 4.78 is 35.7. The zero-order valence-corrected chi connectivity index (χ0v) is 10.6. The van der Waals surface area contributed by atoms with E-state index in [4.69, 9.17) is 5.11 Å². The fourth-order valence-corrected chi connectivity index (χ4v) is 2.00. The lowest BCUT2D eigenvalue weighted by atomic mass is 10.2. The largest absolute Gasteiger partial charge is 0.478 e. The van der Waals surface area contributed by atoms with Gasteiger partial charge >= 0.3 is 5.97 Å². The monoisotopic (exact) mass is 275 g/mol. The number of halogens is 1. The van der Waals surface area contributed by atoms with Crippen molar-refractivity contribution in [2.75, 3.05) is 23.4 Å². The first-order valence-corrected chi connectivity index (χ1v) is 7.15. The van der Waals surface area contributed by atoms with Gasteiger partial charge in [-0.05, 0) is 18.2 Å². The van der Waals surface area contributed by atoms with Crippen LogP contribution in [-0.2, 0) is 9.84 Å². The average Bonchev–Trinajstić information content (AvgIpc) is 2.28. The molecule has 0 radical (unpaired) electrons. The number of benzene rings is 1. The number of hydrogen-bond donors (Lipinski definition) is 2. The topological polar surface area (TPSA) is 83.5 Å². The molecule has 100 valence electrons. The van der Waals surface area contributed by atoms with Crippen molar-refractivity contribution in [2.45, 2.75) is 6.92 Å². The normalized spacial score (nSPS) is 11.2. The second kappa shape index (κ2) is 5.81. The quantitative estimate of drug-likeness (QED) is 0.819. The van der Waals surface area contributed by atoms with Crippen LogP contribution in [-0.4, -0.2) is 37.5 Å². The molecule has 0 atom stereocenters. The fourth-order valence-electron chi connectivity index (χ4n) is 1.29. The van der Waals surface area contributed by atoms with E-state index < -0.39 is 27.2 Å². The number of rotatable bonds is 6. The summed E-state index contributed by atoms with van der Waals surface area (Å²) in [4.78, 5) is 10.6. The van der Waals surface area contributed by atoms with Crippen molar-refractivity contribution in [3.8, 4) is 0 Å². The maximum atomic E-state index is 13.3. The van der Waals surface area contributed by atoms with Crippen molar-refractivity contribution in [3.05, 3.63) is 29.6 Å². The standard InChI is InChI=1S/C11H14FNO4S/c1-2-18(16,17)6-5-13-8-3-4-9(11(14)15)10(12)7-8/h3-4,7,13H,2,5-6H2,1H3,(H,14,15). The maximum Gasteiger partial charge on any atom is 0.338 e. The summed E-state index contributed by atoms with van der Waals surface area (Å²) in [5.41, 5.74) is -0.0643. The summed E-state index contributed by atoms with van der Waals surface area (Å²) in [5, 5.41) is 11.4. The van der Waals surface area contributed by atoms with E-state index in [0.29, 0.717) is 5.69 Å². The molecule has 0 bridgehead atoms. The molecule has 0 aliphatic carbocycles. The van der Waals surface area contributed by atoms with E-state index in [2.05, 4.69) is 5.32 Å². The van der Waals surface area contributed by atoms with Crippen molar-refractivity contribution in [1.82, 2.24) is 0 Å². The third-order valence-corrected chi connectivity index (χ3v) is 4.09. The minimum Gasteiger partial charge on any atom is -0.478 e. The van der Waals surface area contributed by atoms with Gasteiger partial charge in [0.05, 0.1) is 11.3 Å². The van der Waals surface area contributed by atoms with E-state index in [0.717, 1.165) is 12.1 Å². The van der Waals surface area contributed by atoms with Gasteiger partial charge in [-0.3, -0.25) is 0 Å². The van der Waals surface area contributed by atoms with Gasteiger partial charge in [0.1, 0.15) is 5.82 Å². The second-order valence-electron chi connectivity index (χ2n) is 3.66. The highest BCUT2D eigenvalue weighted by Crippen LogP contribution is 2.14. The SMILES string of the molecule is CCS(=O)(=O)CCNc1ccc(C(=O)O)c(F)c1. The molecule has 0 aliphatic heterocycles. The highest BCUT2D eigenvalue weighted by atomic mass is 32.2. The third-order valence-electron chi connectivity index (χ3n) is 2.38. The van der Waals surface area contributed by atoms with Gasteiger partial charge in [0, 0.05) is 18.0 Å². The molecule has 18 heavy (non-hydrogen) atoms. The van der Waals surface area contributed by atoms with Crippen LogP contribution in [0.5, 0.6) is 0 Å². The van der Waals surface area contributed by atoms with Crippen molar-refractivity contribution >= 4 is 21.5 Å². The summed E-state index contributed by atoms with van der Waals surface area (Å²) in [6, 6.07) is 3.56. The number of carbonyl (C=O) groups is 1. The Morgan fingerprint density at radius 3 is 2.61 bits per heavy atom. The van der Waals surface area contributed by atoms with E-state index in [1.165, 1.54) is 6.07 Å². The van der Waals surface area contributed by atoms with E-state index in [1.807, 2.05) is 0 Å². The number of carboxylic acids is 1. The lowest BCUT2D eigenvalue weighted by Crippen LogP contribution is -2.17. The number of sulfone groups is 1. The first-order chi connectivity index (χ1) is 8.35. The molecule has 0 spiro atoms. The molecule has 2 N–H and O–H groups in total. The van der Waals surface area contributed by atoms with Crippen LogP contribution in [0.1, 0.15) is 17.3 Å². The van der Waals surface area contributed by atoms with Crippen molar-refractivity contribution in [2.24, 2.45) is 0 Å². The Hall–Kier alpha value is -1.63. The molecule has 0 aliphatic rings. The number of hydrogen-bond acceptors (Lipinski definition) is 4. The van der Waals surface area contributed by atoms with Crippen LogP contribution in [0, 0.1) is 5.82 Å². The molecule has 0 unspecified atom stereocenters. The first-order valence-electron chi connectivity index (χ1n) is 5.33. The zero-order valence-electron chi connectivity index (χ0n) is 9.81. The molecular weight excluding hydrogens is 261 g/mol. The van der Waals surface area contributed by atoms with Crippen LogP contribution >= 0.6 is 0 Å². The van der Waals surface area contributed by atoms with Gasteiger partial charge in [-0.2, -0.15) is 0 Å². The molecule has 0 heterocycles. The number of carboxylic acid groups (broad SMARTS) is 1. The summed E-state index contributed by atoms with van der Waals surface area (Å²) >= 11 is 0. The molecule has 5 nitrogen and oxygen atoms in total. The molecule has 1 aromatic carbocycles. The predicted molar refractivity (Wildman–Crippen MR) is 66.2 cm³/mol. The van der Waals surface area contributed by atoms with Gasteiger partial charge in [-0.15, -0.1) is 0 Å². The van der Waals surface area contributed by atoms with Gasteiger partial charge in [0.25, 0.3) is 0 Å². The Kier molecular flexibility index (Phi) is 4.66. The number of nitrogens with one attached hydrogen (secondary N) is 1. The van der Waals surface area contributed by atoms with E-state index in [-0.39, 0.29) is 18.1 Å². The van der Waals surface area contributed by atoms with Gasteiger partial charge < -0.3 is 10.4 Å². The predicted octanol–water partition coefficient (Wildman–Crippen LogP) is 1.37. The molecule has 0 saturated heterocycles. The molecule has 0 amide bonds. The Bertz CT molecular complexity index is 542. The highest BCUT2D eigenvalue weighted by molar-refractivity contribution is 7.91. The van der Waals surface area contributed by atoms with Crippen LogP contribution in [0.25, 0.3) is 0 Å². The Morgan fingerprint density at radius 2 is 2.11 bits per heavy atom. The lowest BCUT2D eigenvalue weighted by Gasteiger charge is -2.07. The van der Waals surface area contributed by atoms with Crippen molar-refractivity contribution < 1.29 is 22.7 Å². The van der Waals surface area contributed by atoms with E-state index in [1.54, 1.807) is 6.92 Å². The van der Waals surface area contributed by atoms with Crippen LogP contribution < -0.4 is 5.32 Å². The molecule has 1 rings (SSSR count). The number of anilines is 1. The molecule has 1 aromatic rings.